The molecule has 34 heavy (non-hydrogen) atoms. The zero-order valence-corrected chi connectivity index (χ0v) is 19.0. The first-order chi connectivity index (χ1) is 16.6. The number of amides is 1. The first kappa shape index (κ1) is 20.5. The van der Waals surface area contributed by atoms with Gasteiger partial charge in [-0.3, -0.25) is 19.9 Å². The summed E-state index contributed by atoms with van der Waals surface area (Å²) < 4.78 is 0. The van der Waals surface area contributed by atoms with E-state index in [1.165, 1.54) is 18.4 Å². The number of carbonyl (C=O) groups excluding carboxylic acids is 1. The number of fused-ring (bicyclic) bond motifs is 2. The molecule has 0 bridgehead atoms. The lowest BCUT2D eigenvalue weighted by atomic mass is 10.0. The van der Waals surface area contributed by atoms with Crippen LogP contribution < -0.4 is 5.32 Å². The average molecular weight is 448 g/mol. The van der Waals surface area contributed by atoms with Crippen LogP contribution >= 0.6 is 0 Å². The van der Waals surface area contributed by atoms with E-state index in [1.54, 1.807) is 12.3 Å². The maximum Gasteiger partial charge on any atom is 0.251 e. The smallest absolute Gasteiger partial charge is 0.251 e. The number of nitrogens with one attached hydrogen (secondary N) is 2. The Bertz CT molecular complexity index is 1530. The van der Waals surface area contributed by atoms with E-state index in [9.17, 15) is 4.79 Å². The maximum atomic E-state index is 12.8. The van der Waals surface area contributed by atoms with Crippen molar-refractivity contribution in [3.05, 3.63) is 101 Å². The van der Waals surface area contributed by atoms with Gasteiger partial charge in [0.05, 0.1) is 23.3 Å². The van der Waals surface area contributed by atoms with Gasteiger partial charge in [0.15, 0.2) is 0 Å². The second-order valence-corrected chi connectivity index (χ2v) is 9.19. The minimum atomic E-state index is -0.129. The fourth-order valence-electron chi connectivity index (χ4n) is 4.46. The first-order valence-electron chi connectivity index (χ1n) is 11.7. The molecule has 1 amide bonds. The molecular weight excluding hydrogens is 422 g/mol. The van der Waals surface area contributed by atoms with Gasteiger partial charge < -0.3 is 5.32 Å². The maximum absolute atomic E-state index is 12.8. The van der Waals surface area contributed by atoms with Crippen LogP contribution in [0.1, 0.15) is 57.2 Å². The molecule has 0 unspecified atom stereocenters. The van der Waals surface area contributed by atoms with Gasteiger partial charge in [0.1, 0.15) is 0 Å². The van der Waals surface area contributed by atoms with Crippen LogP contribution in [0.15, 0.2) is 67.0 Å². The molecule has 168 valence electrons. The molecular formula is C28H25N5O. The zero-order valence-electron chi connectivity index (χ0n) is 19.0. The molecule has 0 saturated heterocycles. The second-order valence-electron chi connectivity index (χ2n) is 9.19. The minimum absolute atomic E-state index is 0.129. The van der Waals surface area contributed by atoms with Crippen LogP contribution in [0.2, 0.25) is 0 Å². The molecule has 6 nitrogen and oxygen atoms in total. The van der Waals surface area contributed by atoms with Crippen LogP contribution in [0.5, 0.6) is 0 Å². The molecule has 0 atom stereocenters. The number of aromatic amines is 1. The van der Waals surface area contributed by atoms with E-state index in [1.807, 2.05) is 31.3 Å². The predicted molar refractivity (Wildman–Crippen MR) is 133 cm³/mol. The summed E-state index contributed by atoms with van der Waals surface area (Å²) in [6.45, 7) is 2.43. The topological polar surface area (TPSA) is 83.6 Å². The number of aryl methyl sites for hydroxylation is 1. The summed E-state index contributed by atoms with van der Waals surface area (Å²) in [7, 11) is 0. The van der Waals surface area contributed by atoms with Crippen molar-refractivity contribution < 1.29 is 4.79 Å². The monoisotopic (exact) mass is 447 g/mol. The van der Waals surface area contributed by atoms with Gasteiger partial charge in [0.2, 0.25) is 0 Å². The number of H-pyrrole nitrogens is 1. The molecule has 0 aliphatic heterocycles. The number of hydrogen-bond acceptors (Lipinski definition) is 4. The molecule has 2 aromatic carbocycles. The Hall–Kier alpha value is -4.06. The van der Waals surface area contributed by atoms with Gasteiger partial charge in [-0.25, -0.2) is 0 Å². The van der Waals surface area contributed by atoms with E-state index >= 15 is 0 Å². The van der Waals surface area contributed by atoms with Crippen molar-refractivity contribution in [3.8, 4) is 0 Å². The van der Waals surface area contributed by atoms with Crippen molar-refractivity contribution in [1.82, 2.24) is 25.5 Å². The third kappa shape index (κ3) is 4.15. The lowest BCUT2D eigenvalue weighted by Crippen LogP contribution is -2.23. The summed E-state index contributed by atoms with van der Waals surface area (Å²) in [5, 5.41) is 12.6. The normalized spacial score (nSPS) is 13.4. The Kier molecular flexibility index (Phi) is 5.06. The quantitative estimate of drug-likeness (QED) is 0.374. The second kappa shape index (κ2) is 8.37. The summed E-state index contributed by atoms with van der Waals surface area (Å²) in [5.41, 5.74) is 7.93. The van der Waals surface area contributed by atoms with Crippen molar-refractivity contribution in [3.63, 3.8) is 0 Å². The molecule has 0 spiro atoms. The molecule has 1 aliphatic rings. The zero-order chi connectivity index (χ0) is 23.1. The number of aromatic nitrogens is 4. The molecule has 3 heterocycles. The van der Waals surface area contributed by atoms with Crippen LogP contribution in [-0.2, 0) is 13.0 Å². The van der Waals surface area contributed by atoms with E-state index in [4.69, 9.17) is 0 Å². The Balaban J connectivity index is 1.17. The third-order valence-electron chi connectivity index (χ3n) is 6.49. The average Bonchev–Trinajstić information content (AvgIpc) is 3.63. The largest absolute Gasteiger partial charge is 0.346 e. The number of rotatable bonds is 6. The number of pyridine rings is 2. The highest BCUT2D eigenvalue weighted by atomic mass is 16.1. The van der Waals surface area contributed by atoms with Crippen LogP contribution in [0.25, 0.3) is 21.8 Å². The summed E-state index contributed by atoms with van der Waals surface area (Å²) in [4.78, 5) is 22.0. The van der Waals surface area contributed by atoms with Gasteiger partial charge in [-0.05, 0) is 79.3 Å². The molecule has 1 saturated carbocycles. The SMILES string of the molecule is Cc1ccc2n[nH]c(CNC(=O)c3ccnc(Cc4ccc5ncc(C6CC6)cc5c4)c3)c2c1. The van der Waals surface area contributed by atoms with Gasteiger partial charge in [0.25, 0.3) is 5.91 Å². The fourth-order valence-corrected chi connectivity index (χ4v) is 4.46. The van der Waals surface area contributed by atoms with Crippen molar-refractivity contribution in [1.29, 1.82) is 0 Å². The van der Waals surface area contributed by atoms with E-state index in [2.05, 4.69) is 55.8 Å². The van der Waals surface area contributed by atoms with E-state index in [0.717, 1.165) is 44.3 Å². The van der Waals surface area contributed by atoms with Gasteiger partial charge in [-0.1, -0.05) is 17.7 Å². The lowest BCUT2D eigenvalue weighted by Gasteiger charge is -2.08. The third-order valence-corrected chi connectivity index (χ3v) is 6.49. The highest BCUT2D eigenvalue weighted by molar-refractivity contribution is 5.94. The molecule has 6 heteroatoms. The molecule has 1 aliphatic carbocycles. The van der Waals surface area contributed by atoms with Crippen LogP contribution in [0, 0.1) is 6.92 Å². The standard InChI is InChI=1S/C28H25N5O/c1-17-2-6-26-24(10-17)27(33-32-26)16-31-28(34)20-8-9-29-23(14-20)12-18-3-7-25-21(11-18)13-22(15-30-25)19-4-5-19/h2-3,6-11,13-15,19H,4-5,12,16H2,1H3,(H,31,34)(H,32,33). The number of nitrogens with zero attached hydrogens (tertiary/aromatic N) is 3. The molecule has 3 aromatic heterocycles. The fraction of sp³-hybridized carbons (Fsp3) is 0.214. The highest BCUT2D eigenvalue weighted by Gasteiger charge is 2.23. The predicted octanol–water partition coefficient (Wildman–Crippen LogP) is 5.21. The molecule has 6 rings (SSSR count). The number of hydrogen-bond donors (Lipinski definition) is 2. The summed E-state index contributed by atoms with van der Waals surface area (Å²) in [5.74, 6) is 0.553. The highest BCUT2D eigenvalue weighted by Crippen LogP contribution is 2.40. The van der Waals surface area contributed by atoms with Crippen molar-refractivity contribution in [2.45, 2.75) is 38.6 Å². The Labute approximate surface area is 197 Å². The van der Waals surface area contributed by atoms with E-state index in [-0.39, 0.29) is 5.91 Å². The Morgan fingerprint density at radius 1 is 1.03 bits per heavy atom. The molecule has 5 aromatic rings. The molecule has 1 fully saturated rings. The summed E-state index contributed by atoms with van der Waals surface area (Å²) in [6.07, 6.45) is 6.91. The van der Waals surface area contributed by atoms with Crippen LogP contribution in [0.3, 0.4) is 0 Å². The van der Waals surface area contributed by atoms with Crippen molar-refractivity contribution in [2.75, 3.05) is 0 Å². The van der Waals surface area contributed by atoms with Crippen molar-refractivity contribution >= 4 is 27.7 Å². The van der Waals surface area contributed by atoms with E-state index < -0.39 is 0 Å². The van der Waals surface area contributed by atoms with Gasteiger partial charge >= 0.3 is 0 Å². The van der Waals surface area contributed by atoms with Crippen molar-refractivity contribution in [2.24, 2.45) is 0 Å². The van der Waals surface area contributed by atoms with Crippen LogP contribution in [0.4, 0.5) is 0 Å². The van der Waals surface area contributed by atoms with E-state index in [0.29, 0.717) is 24.4 Å². The number of benzene rings is 2. The number of carbonyl (C=O) groups is 1. The minimum Gasteiger partial charge on any atom is -0.346 e. The van der Waals surface area contributed by atoms with Gasteiger partial charge in [-0.15, -0.1) is 0 Å². The molecule has 2 N–H and O–H groups in total. The van der Waals surface area contributed by atoms with Gasteiger partial charge in [-0.2, -0.15) is 5.10 Å². The summed E-state index contributed by atoms with van der Waals surface area (Å²) in [6, 6.07) is 18.3. The lowest BCUT2D eigenvalue weighted by molar-refractivity contribution is 0.0950. The summed E-state index contributed by atoms with van der Waals surface area (Å²) >= 11 is 0. The molecule has 0 radical (unpaired) electrons. The Morgan fingerprint density at radius 3 is 2.79 bits per heavy atom. The van der Waals surface area contributed by atoms with Gasteiger partial charge in [0, 0.05) is 40.8 Å². The first-order valence-corrected chi connectivity index (χ1v) is 11.7. The van der Waals surface area contributed by atoms with Crippen LogP contribution in [-0.4, -0.2) is 26.1 Å². The Morgan fingerprint density at radius 2 is 1.91 bits per heavy atom.